The highest BCUT2D eigenvalue weighted by Gasteiger charge is 2.11. The van der Waals surface area contributed by atoms with Crippen molar-refractivity contribution in [1.29, 1.82) is 0 Å². The molecule has 3 N–H and O–H groups in total. The molecule has 1 fully saturated rings. The van der Waals surface area contributed by atoms with E-state index in [0.29, 0.717) is 12.5 Å². The quantitative estimate of drug-likeness (QED) is 0.270. The number of nitrogens with one attached hydrogen (secondary N) is 1. The second-order valence-corrected chi connectivity index (χ2v) is 6.10. The van der Waals surface area contributed by atoms with Gasteiger partial charge in [0.05, 0.1) is 6.54 Å². The van der Waals surface area contributed by atoms with E-state index in [4.69, 9.17) is 10.5 Å². The van der Waals surface area contributed by atoms with Crippen LogP contribution in [0.4, 0.5) is 5.82 Å². The summed E-state index contributed by atoms with van der Waals surface area (Å²) in [7, 11) is 0. The Kier molecular flexibility index (Phi) is 11.6. The highest BCUT2D eigenvalue weighted by atomic mass is 127. The van der Waals surface area contributed by atoms with E-state index in [1.54, 1.807) is 0 Å². The summed E-state index contributed by atoms with van der Waals surface area (Å²) >= 11 is 0. The van der Waals surface area contributed by atoms with E-state index >= 15 is 0 Å². The van der Waals surface area contributed by atoms with Crippen molar-refractivity contribution in [2.24, 2.45) is 10.7 Å². The predicted molar refractivity (Wildman–Crippen MR) is 115 cm³/mol. The summed E-state index contributed by atoms with van der Waals surface area (Å²) < 4.78 is 5.29. The van der Waals surface area contributed by atoms with Crippen LogP contribution in [-0.4, -0.2) is 43.8 Å². The number of aliphatic imine (C=N–C) groups is 1. The van der Waals surface area contributed by atoms with Gasteiger partial charge in [0, 0.05) is 39.0 Å². The molecule has 0 amide bonds. The zero-order valence-corrected chi connectivity index (χ0v) is 17.6. The third-order valence-corrected chi connectivity index (χ3v) is 4.15. The molecule has 1 aliphatic heterocycles. The van der Waals surface area contributed by atoms with Crippen LogP contribution >= 0.6 is 24.0 Å². The molecule has 0 atom stereocenters. The van der Waals surface area contributed by atoms with Gasteiger partial charge in [0.2, 0.25) is 0 Å². The maximum absolute atomic E-state index is 5.91. The number of hydrogen-bond donors (Lipinski definition) is 2. The third kappa shape index (κ3) is 8.71. The zero-order chi connectivity index (χ0) is 17.0. The van der Waals surface area contributed by atoms with Crippen LogP contribution in [-0.2, 0) is 11.3 Å². The normalized spacial score (nSPS) is 15.4. The second kappa shape index (κ2) is 13.2. The van der Waals surface area contributed by atoms with Crippen molar-refractivity contribution < 1.29 is 4.74 Å². The van der Waals surface area contributed by atoms with Crippen molar-refractivity contribution in [3.8, 4) is 0 Å². The Morgan fingerprint density at radius 2 is 2.08 bits per heavy atom. The third-order valence-electron chi connectivity index (χ3n) is 4.15. The number of guanidine groups is 1. The number of hydrogen-bond acceptors (Lipinski definition) is 4. The summed E-state index contributed by atoms with van der Waals surface area (Å²) in [6.45, 7) is 7.06. The number of pyridine rings is 1. The van der Waals surface area contributed by atoms with Crippen molar-refractivity contribution in [2.75, 3.05) is 37.7 Å². The average Bonchev–Trinajstić information content (AvgIpc) is 2.89. The molecule has 25 heavy (non-hydrogen) atoms. The van der Waals surface area contributed by atoms with E-state index in [1.165, 1.54) is 25.7 Å². The zero-order valence-electron chi connectivity index (χ0n) is 15.2. The molecule has 1 aromatic rings. The van der Waals surface area contributed by atoms with Gasteiger partial charge in [-0.15, -0.1) is 24.0 Å². The first-order valence-corrected chi connectivity index (χ1v) is 9.11. The van der Waals surface area contributed by atoms with Crippen LogP contribution < -0.4 is 16.0 Å². The molecule has 1 aromatic heterocycles. The van der Waals surface area contributed by atoms with Crippen LogP contribution in [0, 0.1) is 0 Å². The molecule has 0 spiro atoms. The van der Waals surface area contributed by atoms with Gasteiger partial charge in [0.25, 0.3) is 0 Å². The first-order valence-electron chi connectivity index (χ1n) is 9.11. The van der Waals surface area contributed by atoms with Crippen LogP contribution in [0.25, 0.3) is 0 Å². The molecule has 142 valence electrons. The van der Waals surface area contributed by atoms with Crippen LogP contribution in [0.2, 0.25) is 0 Å². The molecule has 0 aromatic carbocycles. The van der Waals surface area contributed by atoms with Crippen LogP contribution in [0.5, 0.6) is 0 Å². The van der Waals surface area contributed by atoms with Gasteiger partial charge < -0.3 is 20.7 Å². The topological polar surface area (TPSA) is 75.8 Å². The van der Waals surface area contributed by atoms with E-state index in [9.17, 15) is 0 Å². The molecule has 0 bridgehead atoms. The molecule has 0 radical (unpaired) electrons. The Labute approximate surface area is 168 Å². The van der Waals surface area contributed by atoms with Gasteiger partial charge in [-0.2, -0.15) is 0 Å². The molecule has 1 aliphatic rings. The second-order valence-electron chi connectivity index (χ2n) is 6.10. The van der Waals surface area contributed by atoms with E-state index in [2.05, 4.69) is 26.3 Å². The Hall–Kier alpha value is -1.09. The van der Waals surface area contributed by atoms with E-state index in [-0.39, 0.29) is 24.0 Å². The Balaban J connectivity index is 0.00000312. The lowest BCUT2D eigenvalue weighted by Gasteiger charge is -2.21. The van der Waals surface area contributed by atoms with Crippen molar-refractivity contribution in [3.63, 3.8) is 0 Å². The highest BCUT2D eigenvalue weighted by molar-refractivity contribution is 14.0. The van der Waals surface area contributed by atoms with Crippen molar-refractivity contribution in [1.82, 2.24) is 10.3 Å². The molecule has 7 heteroatoms. The molecular formula is C18H32IN5O. The molecule has 1 saturated heterocycles. The Morgan fingerprint density at radius 3 is 2.80 bits per heavy atom. The van der Waals surface area contributed by atoms with Gasteiger partial charge in [0.1, 0.15) is 5.82 Å². The largest absolute Gasteiger partial charge is 0.382 e. The summed E-state index contributed by atoms with van der Waals surface area (Å²) in [5.41, 5.74) is 7.05. The van der Waals surface area contributed by atoms with E-state index < -0.39 is 0 Å². The van der Waals surface area contributed by atoms with Gasteiger partial charge in [-0.05, 0) is 43.9 Å². The molecular weight excluding hydrogens is 429 g/mol. The Bertz CT molecular complexity index is 504. The predicted octanol–water partition coefficient (Wildman–Crippen LogP) is 2.91. The fourth-order valence-corrected chi connectivity index (χ4v) is 2.80. The van der Waals surface area contributed by atoms with Gasteiger partial charge in [-0.25, -0.2) is 9.98 Å². The number of halogens is 1. The minimum Gasteiger partial charge on any atom is -0.382 e. The van der Waals surface area contributed by atoms with Gasteiger partial charge in [-0.3, -0.25) is 0 Å². The molecule has 0 aliphatic carbocycles. The number of nitrogens with two attached hydrogens (primary N) is 1. The number of nitrogens with zero attached hydrogens (tertiary/aromatic N) is 3. The lowest BCUT2D eigenvalue weighted by atomic mass is 10.2. The minimum absolute atomic E-state index is 0. The molecule has 6 nitrogen and oxygen atoms in total. The molecule has 2 rings (SSSR count). The summed E-state index contributed by atoms with van der Waals surface area (Å²) in [4.78, 5) is 11.3. The summed E-state index contributed by atoms with van der Waals surface area (Å²) in [5, 5.41) is 3.12. The number of ether oxygens (including phenoxy) is 1. The monoisotopic (exact) mass is 461 g/mol. The lowest BCUT2D eigenvalue weighted by molar-refractivity contribution is 0.145. The van der Waals surface area contributed by atoms with Gasteiger partial charge in [0.15, 0.2) is 5.96 Å². The van der Waals surface area contributed by atoms with E-state index in [0.717, 1.165) is 50.7 Å². The first-order chi connectivity index (χ1) is 11.8. The standard InChI is InChI=1S/C18H31N5O.HI/c1-2-24-13-7-9-21-18(19)22-15-16-8-10-20-17(14-16)23-11-5-3-4-6-12-23;/h8,10,14H,2-7,9,11-13,15H2,1H3,(H3,19,21,22);1H. The smallest absolute Gasteiger partial charge is 0.188 e. The van der Waals surface area contributed by atoms with Crippen LogP contribution in [0.1, 0.15) is 44.6 Å². The van der Waals surface area contributed by atoms with Crippen LogP contribution in [0.3, 0.4) is 0 Å². The fraction of sp³-hybridized carbons (Fsp3) is 0.667. The van der Waals surface area contributed by atoms with Crippen LogP contribution in [0.15, 0.2) is 23.3 Å². The summed E-state index contributed by atoms with van der Waals surface area (Å²) in [5.74, 6) is 1.55. The molecule has 0 unspecified atom stereocenters. The summed E-state index contributed by atoms with van der Waals surface area (Å²) in [6, 6.07) is 4.14. The molecule has 0 saturated carbocycles. The number of anilines is 1. The number of aromatic nitrogens is 1. The van der Waals surface area contributed by atoms with Crippen molar-refractivity contribution in [2.45, 2.75) is 45.6 Å². The van der Waals surface area contributed by atoms with E-state index in [1.807, 2.05) is 19.2 Å². The SMILES string of the molecule is CCOCCCNC(N)=NCc1ccnc(N2CCCCCC2)c1.I. The molecule has 2 heterocycles. The average molecular weight is 461 g/mol. The number of rotatable bonds is 8. The maximum atomic E-state index is 5.91. The minimum atomic E-state index is 0. The highest BCUT2D eigenvalue weighted by Crippen LogP contribution is 2.18. The summed E-state index contributed by atoms with van der Waals surface area (Å²) in [6.07, 6.45) is 7.96. The van der Waals surface area contributed by atoms with Crippen molar-refractivity contribution in [3.05, 3.63) is 23.9 Å². The van der Waals surface area contributed by atoms with Gasteiger partial charge >= 0.3 is 0 Å². The fourth-order valence-electron chi connectivity index (χ4n) is 2.80. The van der Waals surface area contributed by atoms with Crippen molar-refractivity contribution >= 4 is 35.8 Å². The Morgan fingerprint density at radius 1 is 1.32 bits per heavy atom. The maximum Gasteiger partial charge on any atom is 0.188 e. The van der Waals surface area contributed by atoms with Gasteiger partial charge in [-0.1, -0.05) is 12.8 Å². The first kappa shape index (κ1) is 22.0. The lowest BCUT2D eigenvalue weighted by Crippen LogP contribution is -2.32.